The summed E-state index contributed by atoms with van der Waals surface area (Å²) in [6.07, 6.45) is 4.49. The number of hydrogen-bond acceptors (Lipinski definition) is 5. The number of nitrogens with zero attached hydrogens (tertiary/aromatic N) is 1. The van der Waals surface area contributed by atoms with Crippen LogP contribution in [0.2, 0.25) is 0 Å². The highest BCUT2D eigenvalue weighted by Gasteiger charge is 2.20. The predicted molar refractivity (Wildman–Crippen MR) is 85.7 cm³/mol. The van der Waals surface area contributed by atoms with E-state index < -0.39 is 6.10 Å². The summed E-state index contributed by atoms with van der Waals surface area (Å²) in [6, 6.07) is 0.586. The summed E-state index contributed by atoms with van der Waals surface area (Å²) < 4.78 is 10.6. The van der Waals surface area contributed by atoms with Gasteiger partial charge in [-0.3, -0.25) is 4.90 Å². The van der Waals surface area contributed by atoms with E-state index in [4.69, 9.17) is 9.47 Å². The average molecular weight is 302 g/mol. The molecule has 1 heterocycles. The molecule has 1 saturated heterocycles. The minimum atomic E-state index is -0.428. The normalized spacial score (nSPS) is 21.9. The molecular weight excluding hydrogens is 268 g/mol. The molecule has 3 atom stereocenters. The van der Waals surface area contributed by atoms with Crippen molar-refractivity contribution in [3.63, 3.8) is 0 Å². The zero-order chi connectivity index (χ0) is 15.5. The van der Waals surface area contributed by atoms with Crippen LogP contribution in [0.4, 0.5) is 0 Å². The Balaban J connectivity index is 2.28. The van der Waals surface area contributed by atoms with Gasteiger partial charge in [0, 0.05) is 26.2 Å². The van der Waals surface area contributed by atoms with Gasteiger partial charge in [-0.05, 0) is 39.3 Å². The lowest BCUT2D eigenvalue weighted by Gasteiger charge is -2.28. The Morgan fingerprint density at radius 3 is 2.81 bits per heavy atom. The van der Waals surface area contributed by atoms with Crippen molar-refractivity contribution >= 4 is 0 Å². The summed E-state index contributed by atoms with van der Waals surface area (Å²) in [4.78, 5) is 2.38. The molecule has 0 aromatic carbocycles. The van der Waals surface area contributed by atoms with Gasteiger partial charge in [-0.25, -0.2) is 0 Å². The van der Waals surface area contributed by atoms with Crippen molar-refractivity contribution in [2.24, 2.45) is 0 Å². The van der Waals surface area contributed by atoms with Crippen LogP contribution in [0.25, 0.3) is 0 Å². The van der Waals surface area contributed by atoms with Gasteiger partial charge in [0.25, 0.3) is 0 Å². The highest BCUT2D eigenvalue weighted by Crippen LogP contribution is 2.09. The Bertz CT molecular complexity index is 248. The van der Waals surface area contributed by atoms with Crippen LogP contribution in [-0.2, 0) is 9.47 Å². The van der Waals surface area contributed by atoms with Crippen molar-refractivity contribution in [2.75, 3.05) is 46.5 Å². The fourth-order valence-corrected chi connectivity index (χ4v) is 2.77. The molecule has 0 spiro atoms. The summed E-state index contributed by atoms with van der Waals surface area (Å²) in [5.74, 6) is 0. The molecule has 1 rings (SSSR count). The molecule has 0 aromatic rings. The van der Waals surface area contributed by atoms with Gasteiger partial charge in [0.2, 0.25) is 0 Å². The first-order valence-electron chi connectivity index (χ1n) is 8.40. The maximum atomic E-state index is 10.2. The largest absolute Gasteiger partial charge is 0.389 e. The highest BCUT2D eigenvalue weighted by molar-refractivity contribution is 4.79. The van der Waals surface area contributed by atoms with E-state index in [2.05, 4.69) is 17.1 Å². The van der Waals surface area contributed by atoms with Crippen molar-refractivity contribution in [3.8, 4) is 0 Å². The first-order chi connectivity index (χ1) is 10.2. The smallest absolute Gasteiger partial charge is 0.0900 e. The topological polar surface area (TPSA) is 54.0 Å². The van der Waals surface area contributed by atoms with Crippen molar-refractivity contribution in [3.05, 3.63) is 0 Å². The van der Waals surface area contributed by atoms with Gasteiger partial charge in [-0.1, -0.05) is 13.3 Å². The quantitative estimate of drug-likeness (QED) is 0.568. The molecule has 0 saturated carbocycles. The van der Waals surface area contributed by atoms with E-state index in [0.29, 0.717) is 25.8 Å². The van der Waals surface area contributed by atoms with Crippen LogP contribution in [0.1, 0.15) is 39.5 Å². The Morgan fingerprint density at radius 1 is 1.38 bits per heavy atom. The van der Waals surface area contributed by atoms with Crippen molar-refractivity contribution in [1.29, 1.82) is 0 Å². The monoisotopic (exact) mass is 302 g/mol. The van der Waals surface area contributed by atoms with Gasteiger partial charge in [0.15, 0.2) is 0 Å². The second-order valence-corrected chi connectivity index (χ2v) is 6.16. The number of unbranched alkanes of at least 4 members (excludes halogenated alkanes) is 1. The zero-order valence-corrected chi connectivity index (χ0v) is 14.0. The average Bonchev–Trinajstić information content (AvgIpc) is 2.96. The molecule has 0 radical (unpaired) electrons. The van der Waals surface area contributed by atoms with Crippen LogP contribution >= 0.6 is 0 Å². The van der Waals surface area contributed by atoms with E-state index in [1.54, 1.807) is 7.11 Å². The first kappa shape index (κ1) is 18.8. The highest BCUT2D eigenvalue weighted by atomic mass is 16.5. The van der Waals surface area contributed by atoms with E-state index >= 15 is 0 Å². The molecule has 3 unspecified atom stereocenters. The lowest BCUT2D eigenvalue weighted by Crippen LogP contribution is -2.43. The molecule has 5 nitrogen and oxygen atoms in total. The fraction of sp³-hybridized carbons (Fsp3) is 1.00. The Kier molecular flexibility index (Phi) is 10.2. The van der Waals surface area contributed by atoms with E-state index in [-0.39, 0.29) is 6.10 Å². The second-order valence-electron chi connectivity index (χ2n) is 6.16. The number of hydrogen-bond donors (Lipinski definition) is 2. The van der Waals surface area contributed by atoms with E-state index in [1.807, 2.05) is 6.92 Å². The lowest BCUT2D eigenvalue weighted by atomic mass is 10.2. The van der Waals surface area contributed by atoms with Gasteiger partial charge >= 0.3 is 0 Å². The number of rotatable bonds is 12. The number of ether oxygens (including phenoxy) is 2. The number of methoxy groups -OCH3 is 1. The third-order valence-electron chi connectivity index (χ3n) is 3.91. The van der Waals surface area contributed by atoms with Crippen molar-refractivity contribution in [1.82, 2.24) is 10.2 Å². The third-order valence-corrected chi connectivity index (χ3v) is 3.91. The van der Waals surface area contributed by atoms with Gasteiger partial charge in [-0.2, -0.15) is 0 Å². The molecule has 0 aromatic heterocycles. The molecule has 0 amide bonds. The Morgan fingerprint density at radius 2 is 2.19 bits per heavy atom. The molecular formula is C16H34N2O3. The van der Waals surface area contributed by atoms with E-state index in [0.717, 1.165) is 19.6 Å². The second kappa shape index (κ2) is 11.4. The third kappa shape index (κ3) is 8.73. The lowest BCUT2D eigenvalue weighted by molar-refractivity contribution is -0.0401. The molecule has 5 heteroatoms. The molecule has 126 valence electrons. The summed E-state index contributed by atoms with van der Waals surface area (Å²) in [5, 5.41) is 13.7. The maximum absolute atomic E-state index is 10.2. The van der Waals surface area contributed by atoms with E-state index in [1.165, 1.54) is 25.7 Å². The molecule has 0 bridgehead atoms. The summed E-state index contributed by atoms with van der Waals surface area (Å²) in [7, 11) is 1.66. The maximum Gasteiger partial charge on any atom is 0.0900 e. The van der Waals surface area contributed by atoms with Crippen LogP contribution < -0.4 is 5.32 Å². The molecule has 1 fully saturated rings. The fourth-order valence-electron chi connectivity index (χ4n) is 2.77. The van der Waals surface area contributed by atoms with Gasteiger partial charge in [-0.15, -0.1) is 0 Å². The van der Waals surface area contributed by atoms with Crippen LogP contribution in [-0.4, -0.2) is 74.8 Å². The molecule has 21 heavy (non-hydrogen) atoms. The van der Waals surface area contributed by atoms with E-state index in [9.17, 15) is 5.11 Å². The predicted octanol–water partition coefficient (Wildman–Crippen LogP) is 1.25. The zero-order valence-electron chi connectivity index (χ0n) is 14.0. The van der Waals surface area contributed by atoms with Gasteiger partial charge in [0.05, 0.1) is 25.4 Å². The van der Waals surface area contributed by atoms with Gasteiger partial charge in [0.1, 0.15) is 0 Å². The molecule has 0 aliphatic carbocycles. The van der Waals surface area contributed by atoms with Crippen LogP contribution in [0, 0.1) is 0 Å². The standard InChI is InChI=1S/C16H34N2O3/c1-4-5-9-18(10-15-7-6-8-17-15)11-16(19)13-21-14(2)12-20-3/h14-17,19H,4-13H2,1-3H3. The first-order valence-corrected chi connectivity index (χ1v) is 8.40. The molecule has 1 aliphatic heterocycles. The van der Waals surface area contributed by atoms with Crippen molar-refractivity contribution in [2.45, 2.75) is 57.8 Å². The minimum absolute atomic E-state index is 0.0326. The van der Waals surface area contributed by atoms with Crippen LogP contribution in [0.3, 0.4) is 0 Å². The van der Waals surface area contributed by atoms with Crippen LogP contribution in [0.5, 0.6) is 0 Å². The number of aliphatic hydroxyl groups is 1. The SMILES string of the molecule is CCCCN(CC(O)COC(C)COC)CC1CCCN1. The Labute approximate surface area is 130 Å². The summed E-state index contributed by atoms with van der Waals surface area (Å²) >= 11 is 0. The summed E-state index contributed by atoms with van der Waals surface area (Å²) in [6.45, 7) is 9.03. The number of aliphatic hydroxyl groups excluding tert-OH is 1. The van der Waals surface area contributed by atoms with Crippen LogP contribution in [0.15, 0.2) is 0 Å². The summed E-state index contributed by atoms with van der Waals surface area (Å²) in [5.41, 5.74) is 0. The number of nitrogens with one attached hydrogen (secondary N) is 1. The molecule has 1 aliphatic rings. The minimum Gasteiger partial charge on any atom is -0.389 e. The molecule has 2 N–H and O–H groups in total. The Hall–Kier alpha value is -0.200. The van der Waals surface area contributed by atoms with Gasteiger partial charge < -0.3 is 19.9 Å². The van der Waals surface area contributed by atoms with Crippen molar-refractivity contribution < 1.29 is 14.6 Å².